The molecule has 6 nitrogen and oxygen atoms in total. The average Bonchev–Trinajstić information content (AvgIpc) is 3.05. The van der Waals surface area contributed by atoms with Gasteiger partial charge in [0.15, 0.2) is 6.61 Å². The van der Waals surface area contributed by atoms with Crippen molar-refractivity contribution in [3.63, 3.8) is 0 Å². The summed E-state index contributed by atoms with van der Waals surface area (Å²) >= 11 is 6.78. The van der Waals surface area contributed by atoms with Gasteiger partial charge in [-0.25, -0.2) is 4.79 Å². The number of amides is 2. The number of hydrogen-bond acceptors (Lipinski definition) is 5. The zero-order valence-electron chi connectivity index (χ0n) is 17.4. The van der Waals surface area contributed by atoms with E-state index in [2.05, 4.69) is 31.9 Å². The van der Waals surface area contributed by atoms with E-state index in [1.165, 1.54) is 4.90 Å². The molecule has 0 atom stereocenters. The summed E-state index contributed by atoms with van der Waals surface area (Å²) in [5, 5.41) is 0. The third-order valence-corrected chi connectivity index (χ3v) is 6.22. The lowest BCUT2D eigenvalue weighted by Gasteiger charge is -2.14. The molecule has 33 heavy (non-hydrogen) atoms. The minimum Gasteiger partial charge on any atom is -0.481 e. The van der Waals surface area contributed by atoms with Crippen LogP contribution in [0.5, 0.6) is 5.75 Å². The van der Waals surface area contributed by atoms with Crippen LogP contribution >= 0.6 is 31.9 Å². The van der Waals surface area contributed by atoms with Gasteiger partial charge in [0, 0.05) is 11.0 Å². The lowest BCUT2D eigenvalue weighted by molar-refractivity contribution is -0.146. The fraction of sp³-hybridized carbons (Fsp3) is 0.160. The van der Waals surface area contributed by atoms with Crippen molar-refractivity contribution >= 4 is 49.6 Å². The topological polar surface area (TPSA) is 72.9 Å². The Hall–Kier alpha value is -2.97. The summed E-state index contributed by atoms with van der Waals surface area (Å²) in [5.41, 5.74) is 2.87. The number of halogens is 2. The van der Waals surface area contributed by atoms with E-state index in [1.54, 1.807) is 24.3 Å². The molecule has 0 N–H and O–H groups in total. The SMILES string of the molecule is O=C(COc1ccc(-c2ccccc2)cc1Br)OCCCN1C(=O)c2ccc(Br)cc2C1=O. The van der Waals surface area contributed by atoms with Crippen LogP contribution < -0.4 is 4.74 Å². The Morgan fingerprint density at radius 2 is 1.61 bits per heavy atom. The molecule has 0 unspecified atom stereocenters. The number of esters is 1. The van der Waals surface area contributed by atoms with E-state index in [-0.39, 0.29) is 31.6 Å². The van der Waals surface area contributed by atoms with E-state index in [1.807, 2.05) is 42.5 Å². The maximum Gasteiger partial charge on any atom is 0.344 e. The Balaban J connectivity index is 1.22. The zero-order valence-corrected chi connectivity index (χ0v) is 20.6. The first kappa shape index (κ1) is 23.2. The molecule has 0 saturated carbocycles. The fourth-order valence-electron chi connectivity index (χ4n) is 3.48. The fourth-order valence-corrected chi connectivity index (χ4v) is 4.34. The van der Waals surface area contributed by atoms with Gasteiger partial charge in [-0.05, 0) is 63.8 Å². The Morgan fingerprint density at radius 1 is 0.848 bits per heavy atom. The summed E-state index contributed by atoms with van der Waals surface area (Å²) in [4.78, 5) is 38.1. The van der Waals surface area contributed by atoms with Crippen molar-refractivity contribution in [2.24, 2.45) is 0 Å². The van der Waals surface area contributed by atoms with Crippen LogP contribution in [-0.4, -0.2) is 42.4 Å². The van der Waals surface area contributed by atoms with Gasteiger partial charge in [0.1, 0.15) is 5.75 Å². The van der Waals surface area contributed by atoms with Crippen molar-refractivity contribution in [3.8, 4) is 16.9 Å². The van der Waals surface area contributed by atoms with Gasteiger partial charge >= 0.3 is 5.97 Å². The van der Waals surface area contributed by atoms with Crippen LogP contribution in [0.4, 0.5) is 0 Å². The number of carbonyl (C=O) groups is 3. The van der Waals surface area contributed by atoms with Gasteiger partial charge in [0.25, 0.3) is 11.8 Å². The highest BCUT2D eigenvalue weighted by Gasteiger charge is 2.35. The average molecular weight is 573 g/mol. The van der Waals surface area contributed by atoms with Crippen molar-refractivity contribution in [2.75, 3.05) is 19.8 Å². The second-order valence-electron chi connectivity index (χ2n) is 7.33. The molecule has 0 spiro atoms. The molecule has 2 amide bonds. The summed E-state index contributed by atoms with van der Waals surface area (Å²) in [6.07, 6.45) is 0.341. The molecule has 4 rings (SSSR count). The maximum absolute atomic E-state index is 12.4. The van der Waals surface area contributed by atoms with E-state index in [9.17, 15) is 14.4 Å². The molecule has 0 saturated heterocycles. The second-order valence-corrected chi connectivity index (χ2v) is 9.10. The van der Waals surface area contributed by atoms with E-state index >= 15 is 0 Å². The molecule has 1 aliphatic rings. The highest BCUT2D eigenvalue weighted by molar-refractivity contribution is 9.10. The predicted octanol–water partition coefficient (Wildman–Crippen LogP) is 5.49. The first-order chi connectivity index (χ1) is 15.9. The second kappa shape index (κ2) is 10.3. The Bertz CT molecular complexity index is 1210. The molecule has 3 aromatic carbocycles. The molecule has 8 heteroatoms. The molecule has 1 aliphatic heterocycles. The number of ether oxygens (including phenoxy) is 2. The molecule has 0 aromatic heterocycles. The minimum absolute atomic E-state index is 0.0768. The third-order valence-electron chi connectivity index (χ3n) is 5.11. The van der Waals surface area contributed by atoms with Crippen molar-refractivity contribution in [3.05, 3.63) is 86.8 Å². The Kier molecular flexibility index (Phi) is 7.25. The molecule has 0 radical (unpaired) electrons. The molecule has 0 bridgehead atoms. The largest absolute Gasteiger partial charge is 0.481 e. The predicted molar refractivity (Wildman–Crippen MR) is 130 cm³/mol. The van der Waals surface area contributed by atoms with Crippen LogP contribution in [0.2, 0.25) is 0 Å². The van der Waals surface area contributed by atoms with E-state index in [0.29, 0.717) is 23.3 Å². The van der Waals surface area contributed by atoms with Crippen molar-refractivity contribution in [1.29, 1.82) is 0 Å². The lowest BCUT2D eigenvalue weighted by Crippen LogP contribution is -2.31. The number of fused-ring (bicyclic) bond motifs is 1. The van der Waals surface area contributed by atoms with Crippen LogP contribution in [0.25, 0.3) is 11.1 Å². The van der Waals surface area contributed by atoms with Gasteiger partial charge in [-0.15, -0.1) is 0 Å². The molecule has 1 heterocycles. The van der Waals surface area contributed by atoms with Gasteiger partial charge in [0.05, 0.1) is 22.2 Å². The number of benzene rings is 3. The summed E-state index contributed by atoms with van der Waals surface area (Å²) in [6, 6.07) is 20.6. The van der Waals surface area contributed by atoms with Crippen LogP contribution in [-0.2, 0) is 9.53 Å². The van der Waals surface area contributed by atoms with Crippen LogP contribution in [0.3, 0.4) is 0 Å². The van der Waals surface area contributed by atoms with Crippen LogP contribution in [0, 0.1) is 0 Å². The summed E-state index contributed by atoms with van der Waals surface area (Å²) in [7, 11) is 0. The number of imide groups is 1. The van der Waals surface area contributed by atoms with Crippen molar-refractivity contribution < 1.29 is 23.9 Å². The van der Waals surface area contributed by atoms with Gasteiger partial charge in [-0.1, -0.05) is 52.3 Å². The number of rotatable bonds is 8. The first-order valence-electron chi connectivity index (χ1n) is 10.2. The van der Waals surface area contributed by atoms with E-state index in [4.69, 9.17) is 9.47 Å². The normalized spacial score (nSPS) is 12.6. The number of carbonyl (C=O) groups excluding carboxylic acids is 3. The molecule has 168 valence electrons. The third kappa shape index (κ3) is 5.34. The quantitative estimate of drug-likeness (QED) is 0.203. The maximum atomic E-state index is 12.4. The molecular weight excluding hydrogens is 554 g/mol. The molecular formula is C25H19Br2NO5. The highest BCUT2D eigenvalue weighted by atomic mass is 79.9. The smallest absolute Gasteiger partial charge is 0.344 e. The number of hydrogen-bond donors (Lipinski definition) is 0. The standard InChI is InChI=1S/C25H19Br2NO5/c26-18-8-9-19-20(14-18)25(31)28(24(19)30)11-4-12-32-23(29)15-33-22-10-7-17(13-21(22)27)16-5-2-1-3-6-16/h1-3,5-10,13-14H,4,11-12,15H2. The van der Waals surface area contributed by atoms with Crippen molar-refractivity contribution in [2.45, 2.75) is 6.42 Å². The number of nitrogens with zero attached hydrogens (tertiary/aromatic N) is 1. The van der Waals surface area contributed by atoms with E-state index in [0.717, 1.165) is 20.1 Å². The van der Waals surface area contributed by atoms with Crippen LogP contribution in [0.1, 0.15) is 27.1 Å². The van der Waals surface area contributed by atoms with Gasteiger partial charge in [-0.3, -0.25) is 14.5 Å². The summed E-state index contributed by atoms with van der Waals surface area (Å²) < 4.78 is 12.2. The van der Waals surface area contributed by atoms with Gasteiger partial charge in [0.2, 0.25) is 0 Å². The molecule has 0 aliphatic carbocycles. The monoisotopic (exact) mass is 571 g/mol. The summed E-state index contributed by atoms with van der Waals surface area (Å²) in [6.45, 7) is 0.00232. The Labute approximate surface area is 207 Å². The van der Waals surface area contributed by atoms with E-state index < -0.39 is 5.97 Å². The molecule has 0 fully saturated rings. The Morgan fingerprint density at radius 3 is 2.36 bits per heavy atom. The molecule has 3 aromatic rings. The van der Waals surface area contributed by atoms with Gasteiger partial charge < -0.3 is 9.47 Å². The minimum atomic E-state index is -0.527. The lowest BCUT2D eigenvalue weighted by atomic mass is 10.1. The van der Waals surface area contributed by atoms with Crippen LogP contribution in [0.15, 0.2) is 75.7 Å². The first-order valence-corrected chi connectivity index (χ1v) is 11.8. The van der Waals surface area contributed by atoms with Gasteiger partial charge in [-0.2, -0.15) is 0 Å². The summed E-state index contributed by atoms with van der Waals surface area (Å²) in [5.74, 6) is -0.667. The highest BCUT2D eigenvalue weighted by Crippen LogP contribution is 2.31. The van der Waals surface area contributed by atoms with Crippen molar-refractivity contribution in [1.82, 2.24) is 4.90 Å². The zero-order chi connectivity index (χ0) is 23.4.